The molecule has 0 aromatic carbocycles. The van der Waals surface area contributed by atoms with E-state index in [-0.39, 0.29) is 0 Å². The lowest BCUT2D eigenvalue weighted by atomic mass is 9.83. The molecule has 2 saturated carbocycles. The van der Waals surface area contributed by atoms with Crippen molar-refractivity contribution < 1.29 is 0 Å². The Balaban J connectivity index is 1.41. The van der Waals surface area contributed by atoms with Gasteiger partial charge in [-0.1, -0.05) is 19.8 Å². The van der Waals surface area contributed by atoms with E-state index in [4.69, 9.17) is 0 Å². The zero-order chi connectivity index (χ0) is 12.4. The Kier molecular flexibility index (Phi) is 4.25. The van der Waals surface area contributed by atoms with E-state index in [0.29, 0.717) is 0 Å². The molecule has 0 aromatic heterocycles. The smallest absolute Gasteiger partial charge is 0.0198 e. The van der Waals surface area contributed by atoms with Gasteiger partial charge in [0.1, 0.15) is 0 Å². The van der Waals surface area contributed by atoms with Crippen LogP contribution in [0, 0.1) is 17.8 Å². The summed E-state index contributed by atoms with van der Waals surface area (Å²) in [4.78, 5) is 2.75. The average Bonchev–Trinajstić information content (AvgIpc) is 2.21. The zero-order valence-corrected chi connectivity index (χ0v) is 12.0. The van der Waals surface area contributed by atoms with Gasteiger partial charge in [0.05, 0.1) is 0 Å². The van der Waals surface area contributed by atoms with Gasteiger partial charge in [0, 0.05) is 25.7 Å². The highest BCUT2D eigenvalue weighted by Gasteiger charge is 2.28. The number of rotatable bonds is 5. The summed E-state index contributed by atoms with van der Waals surface area (Å²) in [5.41, 5.74) is 0. The number of likely N-dealkylation sites (tertiary alicyclic amines) is 1. The van der Waals surface area contributed by atoms with E-state index in [1.165, 1.54) is 71.1 Å². The molecular weight excluding hydrogens is 220 g/mol. The van der Waals surface area contributed by atoms with Crippen LogP contribution in [0.3, 0.4) is 0 Å². The molecule has 104 valence electrons. The maximum atomic E-state index is 3.85. The predicted molar refractivity (Wildman–Crippen MR) is 76.7 cm³/mol. The summed E-state index contributed by atoms with van der Waals surface area (Å²) in [6, 6.07) is 0.773. The summed E-state index contributed by atoms with van der Waals surface area (Å²) in [7, 11) is 0. The fourth-order valence-corrected chi connectivity index (χ4v) is 3.83. The molecule has 3 rings (SSSR count). The highest BCUT2D eigenvalue weighted by molar-refractivity contribution is 4.85. The number of hydrogen-bond acceptors (Lipinski definition) is 2. The second-order valence-corrected chi connectivity index (χ2v) is 7.26. The standard InChI is InChI=1S/C16H30N2/c1-13-8-16(17-9-14-4-2-5-14)12-18(10-13)11-15-6-3-7-15/h13-17H,2-12H2,1H3. The molecule has 1 N–H and O–H groups in total. The Labute approximate surface area is 113 Å². The highest BCUT2D eigenvalue weighted by atomic mass is 15.2. The van der Waals surface area contributed by atoms with Crippen molar-refractivity contribution in [2.24, 2.45) is 17.8 Å². The van der Waals surface area contributed by atoms with Crippen molar-refractivity contribution in [3.8, 4) is 0 Å². The molecule has 0 spiro atoms. The third-order valence-electron chi connectivity index (χ3n) is 5.40. The molecule has 0 aromatic rings. The molecule has 0 amide bonds. The Bertz CT molecular complexity index is 258. The SMILES string of the molecule is CC1CC(NCC2CCC2)CN(CC2CCC2)C1. The molecule has 2 aliphatic carbocycles. The van der Waals surface area contributed by atoms with E-state index in [2.05, 4.69) is 17.1 Å². The number of nitrogens with one attached hydrogen (secondary N) is 1. The number of piperidine rings is 1. The van der Waals surface area contributed by atoms with Gasteiger partial charge >= 0.3 is 0 Å². The average molecular weight is 250 g/mol. The van der Waals surface area contributed by atoms with Gasteiger partial charge in [-0.25, -0.2) is 0 Å². The first kappa shape index (κ1) is 12.9. The number of hydrogen-bond donors (Lipinski definition) is 1. The van der Waals surface area contributed by atoms with Gasteiger partial charge < -0.3 is 10.2 Å². The molecule has 3 fully saturated rings. The van der Waals surface area contributed by atoms with Crippen molar-refractivity contribution in [2.45, 2.75) is 57.9 Å². The summed E-state index contributed by atoms with van der Waals surface area (Å²) in [5.74, 6) is 2.92. The van der Waals surface area contributed by atoms with E-state index in [0.717, 1.165) is 23.8 Å². The van der Waals surface area contributed by atoms with Crippen LogP contribution < -0.4 is 5.32 Å². The van der Waals surface area contributed by atoms with Crippen molar-refractivity contribution in [1.82, 2.24) is 10.2 Å². The van der Waals surface area contributed by atoms with Gasteiger partial charge in [0.25, 0.3) is 0 Å². The molecule has 1 saturated heterocycles. The van der Waals surface area contributed by atoms with E-state index in [1.54, 1.807) is 0 Å². The lowest BCUT2D eigenvalue weighted by molar-refractivity contribution is 0.104. The van der Waals surface area contributed by atoms with Crippen LogP contribution in [0.2, 0.25) is 0 Å². The summed E-state index contributed by atoms with van der Waals surface area (Å²) < 4.78 is 0. The minimum Gasteiger partial charge on any atom is -0.312 e. The number of nitrogens with zero attached hydrogens (tertiary/aromatic N) is 1. The first-order chi connectivity index (χ1) is 8.79. The Morgan fingerprint density at radius 3 is 2.33 bits per heavy atom. The quantitative estimate of drug-likeness (QED) is 0.807. The highest BCUT2D eigenvalue weighted by Crippen LogP contribution is 2.29. The molecule has 2 heteroatoms. The van der Waals surface area contributed by atoms with Gasteiger partial charge in [-0.05, 0) is 56.4 Å². The first-order valence-corrected chi connectivity index (χ1v) is 8.25. The van der Waals surface area contributed by atoms with Crippen molar-refractivity contribution in [2.75, 3.05) is 26.2 Å². The molecule has 2 nitrogen and oxygen atoms in total. The van der Waals surface area contributed by atoms with Crippen molar-refractivity contribution >= 4 is 0 Å². The minimum atomic E-state index is 0.773. The van der Waals surface area contributed by atoms with Crippen LogP contribution in [0.1, 0.15) is 51.9 Å². The molecule has 0 radical (unpaired) electrons. The summed E-state index contributed by atoms with van der Waals surface area (Å²) in [6.45, 7) is 7.76. The second-order valence-electron chi connectivity index (χ2n) is 7.26. The zero-order valence-electron chi connectivity index (χ0n) is 12.0. The van der Waals surface area contributed by atoms with Crippen LogP contribution in [-0.4, -0.2) is 37.1 Å². The van der Waals surface area contributed by atoms with Crippen molar-refractivity contribution in [3.05, 3.63) is 0 Å². The second kappa shape index (κ2) is 5.92. The lowest BCUT2D eigenvalue weighted by Gasteiger charge is -2.41. The fourth-order valence-electron chi connectivity index (χ4n) is 3.83. The molecule has 2 unspecified atom stereocenters. The summed E-state index contributed by atoms with van der Waals surface area (Å²) in [5, 5.41) is 3.85. The summed E-state index contributed by atoms with van der Waals surface area (Å²) in [6.07, 6.45) is 10.3. The Morgan fingerprint density at radius 2 is 1.72 bits per heavy atom. The fraction of sp³-hybridized carbons (Fsp3) is 1.00. The maximum absolute atomic E-state index is 3.85. The molecule has 3 aliphatic rings. The van der Waals surface area contributed by atoms with Crippen LogP contribution in [-0.2, 0) is 0 Å². The largest absolute Gasteiger partial charge is 0.312 e. The van der Waals surface area contributed by atoms with E-state index < -0.39 is 0 Å². The van der Waals surface area contributed by atoms with Crippen molar-refractivity contribution in [1.29, 1.82) is 0 Å². The summed E-state index contributed by atoms with van der Waals surface area (Å²) >= 11 is 0. The molecule has 0 bridgehead atoms. The first-order valence-electron chi connectivity index (χ1n) is 8.25. The van der Waals surface area contributed by atoms with Crippen LogP contribution in [0.4, 0.5) is 0 Å². The van der Waals surface area contributed by atoms with Gasteiger partial charge in [-0.15, -0.1) is 0 Å². The topological polar surface area (TPSA) is 15.3 Å². The third kappa shape index (κ3) is 3.27. The van der Waals surface area contributed by atoms with Gasteiger partial charge in [0.15, 0.2) is 0 Å². The Morgan fingerprint density at radius 1 is 1.00 bits per heavy atom. The lowest BCUT2D eigenvalue weighted by Crippen LogP contribution is -2.51. The molecule has 1 heterocycles. The maximum Gasteiger partial charge on any atom is 0.0198 e. The van der Waals surface area contributed by atoms with Crippen LogP contribution in [0.15, 0.2) is 0 Å². The van der Waals surface area contributed by atoms with Gasteiger partial charge in [-0.3, -0.25) is 0 Å². The van der Waals surface area contributed by atoms with E-state index in [9.17, 15) is 0 Å². The van der Waals surface area contributed by atoms with Gasteiger partial charge in [0.2, 0.25) is 0 Å². The van der Waals surface area contributed by atoms with Crippen LogP contribution in [0.25, 0.3) is 0 Å². The van der Waals surface area contributed by atoms with Crippen molar-refractivity contribution in [3.63, 3.8) is 0 Å². The van der Waals surface area contributed by atoms with E-state index >= 15 is 0 Å². The Hall–Kier alpha value is -0.0800. The minimum absolute atomic E-state index is 0.773. The monoisotopic (exact) mass is 250 g/mol. The molecule has 2 atom stereocenters. The normalized spacial score (nSPS) is 35.2. The molecule has 1 aliphatic heterocycles. The molecular formula is C16H30N2. The van der Waals surface area contributed by atoms with E-state index in [1.807, 2.05) is 0 Å². The van der Waals surface area contributed by atoms with Crippen LogP contribution in [0.5, 0.6) is 0 Å². The van der Waals surface area contributed by atoms with Gasteiger partial charge in [-0.2, -0.15) is 0 Å². The van der Waals surface area contributed by atoms with Crippen LogP contribution >= 0.6 is 0 Å². The third-order valence-corrected chi connectivity index (χ3v) is 5.40. The predicted octanol–water partition coefficient (Wildman–Crippen LogP) is 2.89. The molecule has 18 heavy (non-hydrogen) atoms.